The Bertz CT molecular complexity index is 184. The Morgan fingerprint density at radius 3 is 3.00 bits per heavy atom. The summed E-state index contributed by atoms with van der Waals surface area (Å²) in [6.07, 6.45) is 3.00. The van der Waals surface area contributed by atoms with Crippen LogP contribution < -0.4 is 5.73 Å². The van der Waals surface area contributed by atoms with Gasteiger partial charge in [-0.15, -0.1) is 0 Å². The van der Waals surface area contributed by atoms with E-state index in [2.05, 4.69) is 23.6 Å². The molecule has 0 amide bonds. The molecule has 1 atom stereocenters. The number of amidine groups is 1. The third kappa shape index (κ3) is 4.86. The summed E-state index contributed by atoms with van der Waals surface area (Å²) in [6.45, 7) is 5.93. The zero-order valence-corrected chi connectivity index (χ0v) is 9.78. The number of nitrogens with two attached hydrogens (primary N) is 1. The molecule has 3 nitrogen and oxygen atoms in total. The maximum atomic E-state index is 7.11. The molecule has 0 bridgehead atoms. The molecule has 1 aliphatic rings. The maximum Gasteiger partial charge on any atom is 0.0905 e. The summed E-state index contributed by atoms with van der Waals surface area (Å²) in [6, 6.07) is 0. The molecule has 1 unspecified atom stereocenters. The molecule has 82 valence electrons. The molecule has 1 aliphatic heterocycles. The number of nitrogens with one attached hydrogen (secondary N) is 1. The van der Waals surface area contributed by atoms with Crippen molar-refractivity contribution in [2.45, 2.75) is 31.4 Å². The molecular weight excluding hydrogens is 194 g/mol. The van der Waals surface area contributed by atoms with Crippen LogP contribution in [0.3, 0.4) is 0 Å². The van der Waals surface area contributed by atoms with Gasteiger partial charge in [-0.25, -0.2) is 0 Å². The molecule has 14 heavy (non-hydrogen) atoms. The highest BCUT2D eigenvalue weighted by atomic mass is 32.2. The molecule has 3 N–H and O–H groups in total. The van der Waals surface area contributed by atoms with Crippen LogP contribution in [0, 0.1) is 5.41 Å². The largest absolute Gasteiger partial charge is 0.388 e. The standard InChI is InChI=1S/C10H21N3S/c1-9-8-13(6-7-14-9)5-3-2-4-10(11)12/h9H,2-8H2,1H3,(H3,11,12). The second-order valence-corrected chi connectivity index (χ2v) is 5.51. The smallest absolute Gasteiger partial charge is 0.0905 e. The van der Waals surface area contributed by atoms with E-state index in [1.807, 2.05) is 0 Å². The van der Waals surface area contributed by atoms with Crippen LogP contribution in [0.15, 0.2) is 0 Å². The summed E-state index contributed by atoms with van der Waals surface area (Å²) in [7, 11) is 0. The lowest BCUT2D eigenvalue weighted by Crippen LogP contribution is -2.37. The molecule has 1 saturated heterocycles. The van der Waals surface area contributed by atoms with E-state index in [1.165, 1.54) is 31.8 Å². The predicted octanol–water partition coefficient (Wildman–Crippen LogP) is 1.53. The van der Waals surface area contributed by atoms with Crippen molar-refractivity contribution in [1.29, 1.82) is 5.41 Å². The summed E-state index contributed by atoms with van der Waals surface area (Å²) in [4.78, 5) is 2.53. The molecular formula is C10H21N3S. The van der Waals surface area contributed by atoms with E-state index in [9.17, 15) is 0 Å². The van der Waals surface area contributed by atoms with Gasteiger partial charge in [0.1, 0.15) is 0 Å². The molecule has 1 heterocycles. The number of unbranched alkanes of at least 4 members (excludes halogenated alkanes) is 1. The SMILES string of the molecule is CC1CN(CCCCC(=N)N)CCS1. The molecule has 0 saturated carbocycles. The average Bonchev–Trinajstić information content (AvgIpc) is 2.12. The monoisotopic (exact) mass is 215 g/mol. The zero-order valence-electron chi connectivity index (χ0n) is 8.96. The lowest BCUT2D eigenvalue weighted by Gasteiger charge is -2.30. The van der Waals surface area contributed by atoms with Crippen molar-refractivity contribution in [3.8, 4) is 0 Å². The van der Waals surface area contributed by atoms with Crippen molar-refractivity contribution in [1.82, 2.24) is 4.90 Å². The van der Waals surface area contributed by atoms with Gasteiger partial charge in [0.25, 0.3) is 0 Å². The molecule has 0 radical (unpaired) electrons. The molecule has 0 aromatic rings. The van der Waals surface area contributed by atoms with Crippen LogP contribution >= 0.6 is 11.8 Å². The van der Waals surface area contributed by atoms with Crippen molar-refractivity contribution in [3.63, 3.8) is 0 Å². The first-order valence-corrected chi connectivity index (χ1v) is 6.40. The van der Waals surface area contributed by atoms with Gasteiger partial charge in [0.15, 0.2) is 0 Å². The van der Waals surface area contributed by atoms with E-state index < -0.39 is 0 Å². The van der Waals surface area contributed by atoms with Crippen LogP contribution in [0.5, 0.6) is 0 Å². The van der Waals surface area contributed by atoms with E-state index in [0.717, 1.165) is 18.1 Å². The minimum absolute atomic E-state index is 0.326. The van der Waals surface area contributed by atoms with Crippen LogP contribution in [-0.4, -0.2) is 41.4 Å². The van der Waals surface area contributed by atoms with Gasteiger partial charge in [-0.3, -0.25) is 5.41 Å². The van der Waals surface area contributed by atoms with Gasteiger partial charge in [-0.2, -0.15) is 11.8 Å². The van der Waals surface area contributed by atoms with Gasteiger partial charge in [0.2, 0.25) is 0 Å². The third-order valence-electron chi connectivity index (χ3n) is 2.50. The molecule has 0 spiro atoms. The summed E-state index contributed by atoms with van der Waals surface area (Å²) in [5.41, 5.74) is 5.30. The van der Waals surface area contributed by atoms with Gasteiger partial charge in [-0.1, -0.05) is 6.92 Å². The molecule has 1 rings (SSSR count). The number of thioether (sulfide) groups is 1. The van der Waals surface area contributed by atoms with Crippen LogP contribution in [0.1, 0.15) is 26.2 Å². The Kier molecular flexibility index (Phi) is 5.33. The fourth-order valence-electron chi connectivity index (χ4n) is 1.74. The van der Waals surface area contributed by atoms with Crippen molar-refractivity contribution >= 4 is 17.6 Å². The van der Waals surface area contributed by atoms with Gasteiger partial charge in [-0.05, 0) is 19.4 Å². The molecule has 0 aromatic carbocycles. The summed E-state index contributed by atoms with van der Waals surface area (Å²) in [5.74, 6) is 1.60. The molecule has 4 heteroatoms. The van der Waals surface area contributed by atoms with Crippen LogP contribution in [-0.2, 0) is 0 Å². The highest BCUT2D eigenvalue weighted by Crippen LogP contribution is 2.17. The second-order valence-electron chi connectivity index (χ2n) is 3.96. The Morgan fingerprint density at radius 2 is 2.36 bits per heavy atom. The van der Waals surface area contributed by atoms with Crippen molar-refractivity contribution in [3.05, 3.63) is 0 Å². The fourth-order valence-corrected chi connectivity index (χ4v) is 2.83. The summed E-state index contributed by atoms with van der Waals surface area (Å²) < 4.78 is 0. The van der Waals surface area contributed by atoms with E-state index in [0.29, 0.717) is 5.84 Å². The normalized spacial score (nSPS) is 23.6. The van der Waals surface area contributed by atoms with Gasteiger partial charge in [0.05, 0.1) is 5.84 Å². The second kappa shape index (κ2) is 6.30. The minimum Gasteiger partial charge on any atom is -0.388 e. The Hall–Kier alpha value is -0.220. The van der Waals surface area contributed by atoms with E-state index in [-0.39, 0.29) is 0 Å². The maximum absolute atomic E-state index is 7.11. The van der Waals surface area contributed by atoms with Crippen LogP contribution in [0.25, 0.3) is 0 Å². The third-order valence-corrected chi connectivity index (χ3v) is 3.63. The predicted molar refractivity (Wildman–Crippen MR) is 64.1 cm³/mol. The number of nitrogens with zero attached hydrogens (tertiary/aromatic N) is 1. The van der Waals surface area contributed by atoms with Crippen molar-refractivity contribution in [2.24, 2.45) is 5.73 Å². The van der Waals surface area contributed by atoms with E-state index in [1.54, 1.807) is 0 Å². The number of rotatable bonds is 5. The highest BCUT2D eigenvalue weighted by Gasteiger charge is 2.15. The summed E-state index contributed by atoms with van der Waals surface area (Å²) >= 11 is 2.07. The average molecular weight is 215 g/mol. The Balaban J connectivity index is 2.03. The highest BCUT2D eigenvalue weighted by molar-refractivity contribution is 7.99. The van der Waals surface area contributed by atoms with Gasteiger partial charge < -0.3 is 10.6 Å². The first kappa shape index (κ1) is 11.9. The van der Waals surface area contributed by atoms with E-state index in [4.69, 9.17) is 11.1 Å². The lowest BCUT2D eigenvalue weighted by atomic mass is 10.2. The molecule has 1 fully saturated rings. The first-order chi connectivity index (χ1) is 6.68. The molecule has 0 aromatic heterocycles. The van der Waals surface area contributed by atoms with Crippen molar-refractivity contribution < 1.29 is 0 Å². The van der Waals surface area contributed by atoms with Gasteiger partial charge >= 0.3 is 0 Å². The number of hydrogen-bond donors (Lipinski definition) is 2. The summed E-state index contributed by atoms with van der Waals surface area (Å²) in [5, 5.41) is 7.90. The fraction of sp³-hybridized carbons (Fsp3) is 0.900. The lowest BCUT2D eigenvalue weighted by molar-refractivity contribution is 0.281. The minimum atomic E-state index is 0.326. The van der Waals surface area contributed by atoms with Crippen molar-refractivity contribution in [2.75, 3.05) is 25.4 Å². The topological polar surface area (TPSA) is 53.1 Å². The molecule has 0 aliphatic carbocycles. The Labute approximate surface area is 90.9 Å². The quantitative estimate of drug-likeness (QED) is 0.415. The Morgan fingerprint density at radius 1 is 1.57 bits per heavy atom. The van der Waals surface area contributed by atoms with Gasteiger partial charge in [0, 0.05) is 30.5 Å². The van der Waals surface area contributed by atoms with Crippen LogP contribution in [0.4, 0.5) is 0 Å². The zero-order chi connectivity index (χ0) is 10.4. The number of hydrogen-bond acceptors (Lipinski definition) is 3. The first-order valence-electron chi connectivity index (χ1n) is 5.35. The van der Waals surface area contributed by atoms with E-state index >= 15 is 0 Å². The van der Waals surface area contributed by atoms with Crippen LogP contribution in [0.2, 0.25) is 0 Å².